The Hall–Kier alpha value is -1.40. The molecule has 2 aromatic carbocycles. The Bertz CT molecular complexity index is 848. The second-order valence-corrected chi connectivity index (χ2v) is 6.72. The lowest BCUT2D eigenvalue weighted by Crippen LogP contribution is -2.05. The van der Waals surface area contributed by atoms with E-state index < -0.39 is 0 Å². The maximum Gasteiger partial charge on any atom is 0.205 e. The number of hydrogen-bond acceptors (Lipinski definition) is 2. The lowest BCUT2D eigenvalue weighted by atomic mass is 10.1. The molecule has 3 nitrogen and oxygen atoms in total. The number of nitrogens with zero attached hydrogens (tertiary/aromatic N) is 2. The summed E-state index contributed by atoms with van der Waals surface area (Å²) in [6, 6.07) is 7.09. The highest BCUT2D eigenvalue weighted by molar-refractivity contribution is 9.10. The van der Waals surface area contributed by atoms with Crippen molar-refractivity contribution in [2.75, 3.05) is 5.73 Å². The molecule has 0 atom stereocenters. The van der Waals surface area contributed by atoms with Crippen LogP contribution in [0.15, 0.2) is 33.2 Å². The molecule has 0 radical (unpaired) electrons. The zero-order valence-electron chi connectivity index (χ0n) is 11.4. The minimum Gasteiger partial charge on any atom is -0.369 e. The van der Waals surface area contributed by atoms with Gasteiger partial charge in [-0.05, 0) is 59.1 Å². The SMILES string of the molecule is Cc1cc(Br)cc(C)c1-n1c(N)nc2cc(Br)c(F)cc21. The zero-order valence-corrected chi connectivity index (χ0v) is 14.6. The topological polar surface area (TPSA) is 43.8 Å². The molecule has 21 heavy (non-hydrogen) atoms. The van der Waals surface area contributed by atoms with Crippen LogP contribution in [0.1, 0.15) is 11.1 Å². The number of fused-ring (bicyclic) bond motifs is 1. The smallest absolute Gasteiger partial charge is 0.205 e. The summed E-state index contributed by atoms with van der Waals surface area (Å²) in [5.74, 6) is 0.00657. The Kier molecular flexibility index (Phi) is 3.53. The van der Waals surface area contributed by atoms with E-state index >= 15 is 0 Å². The molecular weight excluding hydrogens is 401 g/mol. The van der Waals surface area contributed by atoms with Crippen molar-refractivity contribution in [1.29, 1.82) is 0 Å². The van der Waals surface area contributed by atoms with Crippen molar-refractivity contribution in [1.82, 2.24) is 9.55 Å². The standard InChI is InChI=1S/C15H12Br2FN3/c1-7-3-9(16)4-8(2)14(7)21-13-6-11(18)10(17)5-12(13)20-15(21)19/h3-6H,1-2H3,(H2,19,20). The van der Waals surface area contributed by atoms with Crippen molar-refractivity contribution in [2.24, 2.45) is 0 Å². The molecule has 1 aromatic heterocycles. The Morgan fingerprint density at radius 1 is 1.10 bits per heavy atom. The van der Waals surface area contributed by atoms with E-state index in [2.05, 4.69) is 36.8 Å². The van der Waals surface area contributed by atoms with E-state index in [9.17, 15) is 4.39 Å². The first kappa shape index (κ1) is 14.5. The number of benzene rings is 2. The third-order valence-electron chi connectivity index (χ3n) is 3.40. The van der Waals surface area contributed by atoms with E-state index in [1.54, 1.807) is 10.6 Å². The quantitative estimate of drug-likeness (QED) is 0.618. The molecule has 0 aliphatic rings. The molecule has 108 valence electrons. The van der Waals surface area contributed by atoms with Gasteiger partial charge in [0.2, 0.25) is 5.95 Å². The Morgan fingerprint density at radius 3 is 2.33 bits per heavy atom. The number of hydrogen-bond donors (Lipinski definition) is 1. The molecule has 6 heteroatoms. The number of halogens is 3. The zero-order chi connectivity index (χ0) is 15.3. The van der Waals surface area contributed by atoms with Gasteiger partial charge < -0.3 is 5.73 Å². The molecule has 2 N–H and O–H groups in total. The van der Waals surface area contributed by atoms with Crippen LogP contribution < -0.4 is 5.73 Å². The minimum atomic E-state index is -0.337. The fourth-order valence-corrected chi connectivity index (χ4v) is 3.60. The van der Waals surface area contributed by atoms with Crippen LogP contribution >= 0.6 is 31.9 Å². The summed E-state index contributed by atoms with van der Waals surface area (Å²) >= 11 is 6.65. The van der Waals surface area contributed by atoms with E-state index in [0.29, 0.717) is 21.5 Å². The fourth-order valence-electron chi connectivity index (χ4n) is 2.58. The first-order valence-corrected chi connectivity index (χ1v) is 7.87. The van der Waals surface area contributed by atoms with Gasteiger partial charge in [-0.1, -0.05) is 15.9 Å². The molecule has 0 unspecified atom stereocenters. The van der Waals surface area contributed by atoms with Gasteiger partial charge in [-0.25, -0.2) is 9.37 Å². The van der Waals surface area contributed by atoms with Gasteiger partial charge in [-0.3, -0.25) is 4.57 Å². The number of rotatable bonds is 1. The molecule has 3 aromatic rings. The van der Waals surface area contributed by atoms with Gasteiger partial charge >= 0.3 is 0 Å². The van der Waals surface area contributed by atoms with Crippen molar-refractivity contribution < 1.29 is 4.39 Å². The highest BCUT2D eigenvalue weighted by atomic mass is 79.9. The van der Waals surface area contributed by atoms with Crippen molar-refractivity contribution in [3.63, 3.8) is 0 Å². The Labute approximate surface area is 138 Å². The minimum absolute atomic E-state index is 0.337. The van der Waals surface area contributed by atoms with Crippen LogP contribution in [0.4, 0.5) is 10.3 Å². The number of aryl methyl sites for hydroxylation is 2. The van der Waals surface area contributed by atoms with Gasteiger partial charge in [0.1, 0.15) is 5.82 Å². The maximum atomic E-state index is 13.9. The molecule has 1 heterocycles. The van der Waals surface area contributed by atoms with E-state index in [-0.39, 0.29) is 5.82 Å². The summed E-state index contributed by atoms with van der Waals surface area (Å²) in [7, 11) is 0. The van der Waals surface area contributed by atoms with E-state index in [1.165, 1.54) is 6.07 Å². The van der Waals surface area contributed by atoms with Gasteiger partial charge in [-0.2, -0.15) is 0 Å². The van der Waals surface area contributed by atoms with Crippen LogP contribution in [0, 0.1) is 19.7 Å². The summed E-state index contributed by atoms with van der Waals surface area (Å²) in [6.07, 6.45) is 0. The fraction of sp³-hybridized carbons (Fsp3) is 0.133. The summed E-state index contributed by atoms with van der Waals surface area (Å²) in [5.41, 5.74) is 10.4. The number of imidazole rings is 1. The lowest BCUT2D eigenvalue weighted by Gasteiger charge is -2.14. The van der Waals surface area contributed by atoms with Crippen molar-refractivity contribution in [3.05, 3.63) is 50.2 Å². The van der Waals surface area contributed by atoms with Crippen LogP contribution in [-0.4, -0.2) is 9.55 Å². The number of nitrogen functional groups attached to an aromatic ring is 1. The Balaban J connectivity index is 2.41. The summed E-state index contributed by atoms with van der Waals surface area (Å²) in [5, 5.41) is 0. The maximum absolute atomic E-state index is 13.9. The summed E-state index contributed by atoms with van der Waals surface area (Å²) < 4.78 is 17.1. The molecule has 0 saturated heterocycles. The average Bonchev–Trinajstić information content (AvgIpc) is 2.66. The van der Waals surface area contributed by atoms with Gasteiger partial charge in [0.05, 0.1) is 21.2 Å². The molecule has 0 bridgehead atoms. The second kappa shape index (κ2) is 5.10. The largest absolute Gasteiger partial charge is 0.369 e. The van der Waals surface area contributed by atoms with Crippen LogP contribution in [0.5, 0.6) is 0 Å². The number of nitrogens with two attached hydrogens (primary N) is 1. The predicted octanol–water partition coefficient (Wildman–Crippen LogP) is 4.89. The highest BCUT2D eigenvalue weighted by Crippen LogP contribution is 2.32. The number of aromatic nitrogens is 2. The summed E-state index contributed by atoms with van der Waals surface area (Å²) in [4.78, 5) is 4.33. The van der Waals surface area contributed by atoms with E-state index in [0.717, 1.165) is 21.3 Å². The summed E-state index contributed by atoms with van der Waals surface area (Å²) in [6.45, 7) is 3.99. The average molecular weight is 413 g/mol. The molecule has 0 amide bonds. The monoisotopic (exact) mass is 411 g/mol. The Morgan fingerprint density at radius 2 is 1.71 bits per heavy atom. The molecule has 3 rings (SSSR count). The van der Waals surface area contributed by atoms with Crippen molar-refractivity contribution in [2.45, 2.75) is 13.8 Å². The van der Waals surface area contributed by atoms with Crippen LogP contribution in [-0.2, 0) is 0 Å². The lowest BCUT2D eigenvalue weighted by molar-refractivity contribution is 0.622. The van der Waals surface area contributed by atoms with Gasteiger partial charge in [0.15, 0.2) is 0 Å². The van der Waals surface area contributed by atoms with Gasteiger partial charge in [0.25, 0.3) is 0 Å². The molecular formula is C15H12Br2FN3. The van der Waals surface area contributed by atoms with Crippen LogP contribution in [0.3, 0.4) is 0 Å². The molecule has 0 aliphatic carbocycles. The second-order valence-electron chi connectivity index (χ2n) is 4.95. The first-order valence-electron chi connectivity index (χ1n) is 6.28. The van der Waals surface area contributed by atoms with E-state index in [1.807, 2.05) is 26.0 Å². The molecule has 0 aliphatic heterocycles. The van der Waals surface area contributed by atoms with Crippen molar-refractivity contribution in [3.8, 4) is 5.69 Å². The predicted molar refractivity (Wildman–Crippen MR) is 90.3 cm³/mol. The third kappa shape index (κ3) is 2.36. The first-order chi connectivity index (χ1) is 9.88. The van der Waals surface area contributed by atoms with Crippen molar-refractivity contribution >= 4 is 48.8 Å². The number of anilines is 1. The van der Waals surface area contributed by atoms with Gasteiger partial charge in [0, 0.05) is 10.5 Å². The normalized spacial score (nSPS) is 11.3. The highest BCUT2D eigenvalue weighted by Gasteiger charge is 2.16. The van der Waals surface area contributed by atoms with Gasteiger partial charge in [-0.15, -0.1) is 0 Å². The van der Waals surface area contributed by atoms with E-state index in [4.69, 9.17) is 5.73 Å². The van der Waals surface area contributed by atoms with Crippen LogP contribution in [0.25, 0.3) is 16.7 Å². The molecule has 0 fully saturated rings. The van der Waals surface area contributed by atoms with Crippen LogP contribution in [0.2, 0.25) is 0 Å². The molecule has 0 saturated carbocycles. The third-order valence-corrected chi connectivity index (χ3v) is 4.47. The molecule has 0 spiro atoms.